The quantitative estimate of drug-likeness (QED) is 0.409. The van der Waals surface area contributed by atoms with Crippen LogP contribution in [0.5, 0.6) is 11.5 Å². The molecule has 0 unspecified atom stereocenters. The second-order valence-electron chi connectivity index (χ2n) is 5.47. The number of methoxy groups -OCH3 is 1. The SMILES string of the molecule is COc1ccc(CNC(=N)N)cc1OCc1cccc(Cl)c1.O=C(O)C(F)(F)F. The Balaban J connectivity index is 0.000000516. The molecule has 7 nitrogen and oxygen atoms in total. The van der Waals surface area contributed by atoms with Crippen LogP contribution in [0.25, 0.3) is 0 Å². The Kier molecular flexibility index (Phi) is 9.07. The van der Waals surface area contributed by atoms with Crippen molar-refractivity contribution in [2.45, 2.75) is 19.3 Å². The molecule has 0 saturated heterocycles. The maximum atomic E-state index is 10.6. The molecule has 0 aromatic heterocycles. The van der Waals surface area contributed by atoms with Crippen molar-refractivity contribution in [2.24, 2.45) is 5.73 Å². The molecule has 0 radical (unpaired) electrons. The molecule has 0 bridgehead atoms. The summed E-state index contributed by atoms with van der Waals surface area (Å²) in [4.78, 5) is 8.90. The summed E-state index contributed by atoms with van der Waals surface area (Å²) in [6.07, 6.45) is -5.08. The van der Waals surface area contributed by atoms with Gasteiger partial charge in [0.15, 0.2) is 17.5 Å². The van der Waals surface area contributed by atoms with Gasteiger partial charge < -0.3 is 25.6 Å². The zero-order valence-electron chi connectivity index (χ0n) is 15.2. The van der Waals surface area contributed by atoms with E-state index in [-0.39, 0.29) is 5.96 Å². The second-order valence-corrected chi connectivity index (χ2v) is 5.91. The normalized spacial score (nSPS) is 10.4. The number of halogens is 4. The number of nitrogens with one attached hydrogen (secondary N) is 2. The molecule has 0 aliphatic heterocycles. The van der Waals surface area contributed by atoms with Gasteiger partial charge in [-0.05, 0) is 35.4 Å². The zero-order chi connectivity index (χ0) is 22.0. The number of carbonyl (C=O) groups is 1. The summed E-state index contributed by atoms with van der Waals surface area (Å²) in [6, 6.07) is 13.1. The monoisotopic (exact) mass is 433 g/mol. The van der Waals surface area contributed by atoms with Crippen LogP contribution in [0.3, 0.4) is 0 Å². The number of hydrogen-bond donors (Lipinski definition) is 4. The summed E-state index contributed by atoms with van der Waals surface area (Å²) in [7, 11) is 1.59. The van der Waals surface area contributed by atoms with Crippen molar-refractivity contribution >= 4 is 23.5 Å². The largest absolute Gasteiger partial charge is 0.493 e. The predicted molar refractivity (Wildman–Crippen MR) is 101 cm³/mol. The van der Waals surface area contributed by atoms with E-state index in [1.165, 1.54) is 0 Å². The van der Waals surface area contributed by atoms with E-state index in [1.807, 2.05) is 42.5 Å². The van der Waals surface area contributed by atoms with Crippen molar-refractivity contribution in [1.29, 1.82) is 5.41 Å². The average molecular weight is 434 g/mol. The molecule has 0 saturated carbocycles. The molecule has 0 aliphatic rings. The summed E-state index contributed by atoms with van der Waals surface area (Å²) in [5.41, 5.74) is 7.20. The molecule has 2 aromatic rings. The fourth-order valence-corrected chi connectivity index (χ4v) is 2.14. The average Bonchev–Trinajstić information content (AvgIpc) is 2.64. The van der Waals surface area contributed by atoms with E-state index < -0.39 is 12.1 Å². The molecular weight excluding hydrogens is 415 g/mol. The molecule has 5 N–H and O–H groups in total. The van der Waals surface area contributed by atoms with Crippen molar-refractivity contribution in [3.8, 4) is 11.5 Å². The molecule has 0 heterocycles. The number of guanidine groups is 1. The molecule has 11 heteroatoms. The lowest BCUT2D eigenvalue weighted by Gasteiger charge is -2.13. The number of benzene rings is 2. The van der Waals surface area contributed by atoms with Crippen LogP contribution in [0, 0.1) is 5.41 Å². The summed E-state index contributed by atoms with van der Waals surface area (Å²) in [5.74, 6) is -1.55. The lowest BCUT2D eigenvalue weighted by atomic mass is 10.2. The Morgan fingerprint density at radius 2 is 1.86 bits per heavy atom. The van der Waals surface area contributed by atoms with Gasteiger partial charge in [0.1, 0.15) is 6.61 Å². The van der Waals surface area contributed by atoms with Crippen LogP contribution in [0.4, 0.5) is 13.2 Å². The van der Waals surface area contributed by atoms with Crippen LogP contribution in [-0.4, -0.2) is 30.3 Å². The first-order valence-electron chi connectivity index (χ1n) is 7.95. The minimum absolute atomic E-state index is 0.0720. The third-order valence-electron chi connectivity index (χ3n) is 3.24. The Bertz CT molecular complexity index is 847. The Morgan fingerprint density at radius 1 is 1.21 bits per heavy atom. The van der Waals surface area contributed by atoms with E-state index in [4.69, 9.17) is 42.1 Å². The third-order valence-corrected chi connectivity index (χ3v) is 3.47. The van der Waals surface area contributed by atoms with Gasteiger partial charge in [0, 0.05) is 11.6 Å². The van der Waals surface area contributed by atoms with Gasteiger partial charge in [0.2, 0.25) is 0 Å². The number of rotatable bonds is 6. The van der Waals surface area contributed by atoms with Crippen molar-refractivity contribution in [3.63, 3.8) is 0 Å². The molecule has 2 aromatic carbocycles. The summed E-state index contributed by atoms with van der Waals surface area (Å²) in [6.45, 7) is 0.841. The van der Waals surface area contributed by atoms with Crippen molar-refractivity contribution in [2.75, 3.05) is 7.11 Å². The summed E-state index contributed by atoms with van der Waals surface area (Å²) >= 11 is 5.96. The molecule has 0 aliphatic carbocycles. The first kappa shape index (κ1) is 23.9. The molecule has 29 heavy (non-hydrogen) atoms. The Morgan fingerprint density at radius 3 is 2.38 bits per heavy atom. The summed E-state index contributed by atoms with van der Waals surface area (Å²) < 4.78 is 42.9. The van der Waals surface area contributed by atoms with Crippen LogP contribution in [0.15, 0.2) is 42.5 Å². The maximum Gasteiger partial charge on any atom is 0.490 e. The molecule has 158 valence electrons. The highest BCUT2D eigenvalue weighted by Crippen LogP contribution is 2.29. The van der Waals surface area contributed by atoms with E-state index in [2.05, 4.69) is 5.32 Å². The highest BCUT2D eigenvalue weighted by molar-refractivity contribution is 6.30. The van der Waals surface area contributed by atoms with Crippen molar-refractivity contribution < 1.29 is 32.5 Å². The highest BCUT2D eigenvalue weighted by atomic mass is 35.5. The zero-order valence-corrected chi connectivity index (χ0v) is 16.0. The molecule has 0 amide bonds. The first-order valence-corrected chi connectivity index (χ1v) is 8.33. The van der Waals surface area contributed by atoms with Crippen LogP contribution in [0.1, 0.15) is 11.1 Å². The van der Waals surface area contributed by atoms with Gasteiger partial charge in [0.05, 0.1) is 7.11 Å². The maximum absolute atomic E-state index is 10.6. The van der Waals surface area contributed by atoms with E-state index in [0.717, 1.165) is 11.1 Å². The lowest BCUT2D eigenvalue weighted by Crippen LogP contribution is -2.29. The highest BCUT2D eigenvalue weighted by Gasteiger charge is 2.38. The topological polar surface area (TPSA) is 118 Å². The van der Waals surface area contributed by atoms with Gasteiger partial charge in [-0.15, -0.1) is 0 Å². The number of nitrogens with two attached hydrogens (primary N) is 1. The second kappa shape index (κ2) is 11.0. The molecular formula is C18H19ClF3N3O4. The van der Waals surface area contributed by atoms with E-state index in [9.17, 15) is 13.2 Å². The van der Waals surface area contributed by atoms with Crippen molar-refractivity contribution in [3.05, 3.63) is 58.6 Å². The van der Waals surface area contributed by atoms with Crippen LogP contribution in [0.2, 0.25) is 5.02 Å². The van der Waals surface area contributed by atoms with E-state index in [0.29, 0.717) is 29.7 Å². The molecule has 0 spiro atoms. The molecule has 0 atom stereocenters. The van der Waals surface area contributed by atoms with Gasteiger partial charge in [-0.25, -0.2) is 4.79 Å². The van der Waals surface area contributed by atoms with E-state index >= 15 is 0 Å². The van der Waals surface area contributed by atoms with Gasteiger partial charge in [-0.1, -0.05) is 29.8 Å². The fourth-order valence-electron chi connectivity index (χ4n) is 1.93. The smallest absolute Gasteiger partial charge is 0.490 e. The number of carboxylic acids is 1. The third kappa shape index (κ3) is 9.06. The van der Waals surface area contributed by atoms with Gasteiger partial charge in [-0.2, -0.15) is 13.2 Å². The number of alkyl halides is 3. The number of carboxylic acid groups (broad SMARTS) is 1. The van der Waals surface area contributed by atoms with Gasteiger partial charge in [0.25, 0.3) is 0 Å². The van der Waals surface area contributed by atoms with Crippen LogP contribution >= 0.6 is 11.6 Å². The Labute approximate surface area is 169 Å². The predicted octanol–water partition coefficient (Wildman–Crippen LogP) is 3.54. The lowest BCUT2D eigenvalue weighted by molar-refractivity contribution is -0.192. The van der Waals surface area contributed by atoms with Gasteiger partial charge in [-0.3, -0.25) is 5.41 Å². The van der Waals surface area contributed by atoms with Crippen LogP contribution in [-0.2, 0) is 17.9 Å². The minimum Gasteiger partial charge on any atom is -0.493 e. The first-order chi connectivity index (χ1) is 13.5. The molecule has 0 fully saturated rings. The molecule has 2 rings (SSSR count). The number of ether oxygens (including phenoxy) is 2. The fraction of sp³-hybridized carbons (Fsp3) is 0.222. The van der Waals surface area contributed by atoms with Crippen molar-refractivity contribution in [1.82, 2.24) is 5.32 Å². The van der Waals surface area contributed by atoms with Gasteiger partial charge >= 0.3 is 12.1 Å². The number of hydrogen-bond acceptors (Lipinski definition) is 4. The van der Waals surface area contributed by atoms with Crippen LogP contribution < -0.4 is 20.5 Å². The standard InChI is InChI=1S/C16H18ClN3O2.C2HF3O2/c1-21-14-6-5-11(9-20-16(18)19)8-15(14)22-10-12-3-2-4-13(17)7-12;3-2(4,5)1(6)7/h2-8H,9-10H2,1H3,(H4,18,19,20);(H,6,7). The summed E-state index contributed by atoms with van der Waals surface area (Å²) in [5, 5.41) is 17.7. The minimum atomic E-state index is -5.08. The Hall–Kier alpha value is -3.14. The van der Waals surface area contributed by atoms with E-state index in [1.54, 1.807) is 7.11 Å². The number of aliphatic carboxylic acids is 1.